The van der Waals surface area contributed by atoms with Crippen molar-refractivity contribution in [1.82, 2.24) is 29.9 Å². The van der Waals surface area contributed by atoms with Gasteiger partial charge in [0.15, 0.2) is 12.4 Å². The summed E-state index contributed by atoms with van der Waals surface area (Å²) in [5.41, 5.74) is 0.105. The normalized spacial score (nSPS) is 11.8. The van der Waals surface area contributed by atoms with Crippen LogP contribution in [-0.2, 0) is 6.18 Å². The lowest BCUT2D eigenvalue weighted by molar-refractivity contribution is -0.137. The zero-order chi connectivity index (χ0) is 26.7. The van der Waals surface area contributed by atoms with Crippen LogP contribution in [0.1, 0.15) is 30.9 Å². The molecule has 2 amide bonds. The fourth-order valence-corrected chi connectivity index (χ4v) is 3.48. The van der Waals surface area contributed by atoms with E-state index in [1.165, 1.54) is 24.7 Å². The van der Waals surface area contributed by atoms with Crippen LogP contribution in [0, 0.1) is 0 Å². The molecule has 0 aliphatic carbocycles. The minimum absolute atomic E-state index is 0.0457. The second-order valence-corrected chi connectivity index (χ2v) is 7.95. The molecule has 4 heterocycles. The number of halogens is 5. The molecular formula is C22H19F5N8O2. The lowest BCUT2D eigenvalue weighted by atomic mass is 10.0. The number of nitrogens with one attached hydrogen (secondary N) is 2. The number of carbonyl (C=O) groups excluding carboxylic acids is 1. The Kier molecular flexibility index (Phi) is 7.13. The molecule has 4 aromatic heterocycles. The highest BCUT2D eigenvalue weighted by molar-refractivity contribution is 6.01. The average molecular weight is 522 g/mol. The summed E-state index contributed by atoms with van der Waals surface area (Å²) in [4.78, 5) is 25.6. The van der Waals surface area contributed by atoms with Crippen molar-refractivity contribution < 1.29 is 31.5 Å². The summed E-state index contributed by atoms with van der Waals surface area (Å²) in [6.07, 6.45) is -2.68. The summed E-state index contributed by atoms with van der Waals surface area (Å²) in [6.45, 7) is 2.79. The van der Waals surface area contributed by atoms with Crippen molar-refractivity contribution in [2.45, 2.75) is 32.4 Å². The van der Waals surface area contributed by atoms with Crippen molar-refractivity contribution in [3.8, 4) is 11.7 Å². The van der Waals surface area contributed by atoms with Crippen LogP contribution in [0.25, 0.3) is 16.9 Å². The van der Waals surface area contributed by atoms with Crippen molar-refractivity contribution in [3.05, 3.63) is 54.1 Å². The van der Waals surface area contributed by atoms with Gasteiger partial charge in [0, 0.05) is 11.6 Å². The lowest BCUT2D eigenvalue weighted by Crippen LogP contribution is -2.22. The molecule has 4 rings (SSSR count). The maximum absolute atomic E-state index is 13.6. The third-order valence-electron chi connectivity index (χ3n) is 4.95. The summed E-state index contributed by atoms with van der Waals surface area (Å²) < 4.78 is 70.9. The van der Waals surface area contributed by atoms with E-state index in [1.54, 1.807) is 6.07 Å². The third-order valence-corrected chi connectivity index (χ3v) is 4.95. The van der Waals surface area contributed by atoms with Crippen molar-refractivity contribution in [2.75, 3.05) is 17.2 Å². The third kappa shape index (κ3) is 5.87. The lowest BCUT2D eigenvalue weighted by Gasteiger charge is -2.17. The van der Waals surface area contributed by atoms with E-state index in [4.69, 9.17) is 4.74 Å². The number of anilines is 2. The zero-order valence-corrected chi connectivity index (χ0v) is 19.3. The highest BCUT2D eigenvalue weighted by Gasteiger charge is 2.36. The Morgan fingerprint density at radius 1 is 1.08 bits per heavy atom. The van der Waals surface area contributed by atoms with Crippen LogP contribution in [0.4, 0.5) is 38.1 Å². The maximum atomic E-state index is 13.6. The highest BCUT2D eigenvalue weighted by Crippen LogP contribution is 2.34. The minimum Gasteiger partial charge on any atom is -0.472 e. The van der Waals surface area contributed by atoms with Crippen LogP contribution >= 0.6 is 0 Å². The number of carbonyl (C=O) groups is 1. The average Bonchev–Trinajstić information content (AvgIpc) is 3.36. The number of rotatable bonds is 7. The molecule has 0 unspecified atom stereocenters. The van der Waals surface area contributed by atoms with Gasteiger partial charge >= 0.3 is 12.2 Å². The van der Waals surface area contributed by atoms with Crippen LogP contribution in [-0.4, -0.2) is 49.0 Å². The second kappa shape index (κ2) is 10.3. The van der Waals surface area contributed by atoms with Gasteiger partial charge in [0.05, 0.1) is 47.2 Å². The summed E-state index contributed by atoms with van der Waals surface area (Å²) in [7, 11) is 0. The summed E-state index contributed by atoms with van der Waals surface area (Å²) in [5, 5.41) is 12.2. The van der Waals surface area contributed by atoms with Gasteiger partial charge in [0.25, 0.3) is 6.43 Å². The number of hydrogen-bond acceptors (Lipinski definition) is 7. The van der Waals surface area contributed by atoms with Crippen LogP contribution in [0.2, 0.25) is 0 Å². The van der Waals surface area contributed by atoms with Gasteiger partial charge in [0.2, 0.25) is 5.88 Å². The molecule has 4 aromatic rings. The van der Waals surface area contributed by atoms with Crippen LogP contribution in [0.15, 0.2) is 43.0 Å². The molecule has 37 heavy (non-hydrogen) atoms. The number of pyridine rings is 3. The predicted octanol–water partition coefficient (Wildman–Crippen LogP) is 5.04. The van der Waals surface area contributed by atoms with E-state index in [-0.39, 0.29) is 23.2 Å². The molecule has 15 heteroatoms. The van der Waals surface area contributed by atoms with Gasteiger partial charge in [-0.25, -0.2) is 23.5 Å². The first-order chi connectivity index (χ1) is 17.5. The predicted molar refractivity (Wildman–Crippen MR) is 122 cm³/mol. The molecule has 0 radical (unpaired) electrons. The molecule has 2 N–H and O–H groups in total. The SMILES string of the molecule is CC(C)c1c(NC(=O)Nc2cnc(-n3nccn3)c(C(F)(F)F)c2)cnc2ccc(OCC(F)F)nc12. The Hall–Kier alpha value is -4.43. The molecule has 0 atom stereocenters. The van der Waals surface area contributed by atoms with Crippen molar-refractivity contribution in [2.24, 2.45) is 0 Å². The van der Waals surface area contributed by atoms with E-state index >= 15 is 0 Å². The summed E-state index contributed by atoms with van der Waals surface area (Å²) in [5.74, 6) is -0.811. The van der Waals surface area contributed by atoms with Gasteiger partial charge in [0.1, 0.15) is 5.56 Å². The zero-order valence-electron chi connectivity index (χ0n) is 19.3. The van der Waals surface area contributed by atoms with E-state index < -0.39 is 36.6 Å². The quantitative estimate of drug-likeness (QED) is 0.327. The Morgan fingerprint density at radius 2 is 1.81 bits per heavy atom. The fourth-order valence-electron chi connectivity index (χ4n) is 3.48. The number of amides is 2. The molecule has 0 saturated carbocycles. The first-order valence-electron chi connectivity index (χ1n) is 10.8. The van der Waals surface area contributed by atoms with Crippen molar-refractivity contribution >= 4 is 28.4 Å². The molecule has 10 nitrogen and oxygen atoms in total. The molecular weight excluding hydrogens is 503 g/mol. The van der Waals surface area contributed by atoms with Gasteiger partial charge < -0.3 is 15.4 Å². The van der Waals surface area contributed by atoms with Crippen LogP contribution in [0.3, 0.4) is 0 Å². The second-order valence-electron chi connectivity index (χ2n) is 7.95. The van der Waals surface area contributed by atoms with E-state index in [2.05, 4.69) is 35.8 Å². The number of fused-ring (bicyclic) bond motifs is 1. The van der Waals surface area contributed by atoms with Gasteiger partial charge in [-0.2, -0.15) is 23.4 Å². The summed E-state index contributed by atoms with van der Waals surface area (Å²) in [6, 6.07) is 2.78. The minimum atomic E-state index is -4.80. The highest BCUT2D eigenvalue weighted by atomic mass is 19.4. The molecule has 0 fully saturated rings. The number of aromatic nitrogens is 6. The Balaban J connectivity index is 1.61. The molecule has 0 bridgehead atoms. The van der Waals surface area contributed by atoms with Crippen LogP contribution < -0.4 is 15.4 Å². The maximum Gasteiger partial charge on any atom is 0.420 e. The number of alkyl halides is 5. The number of ether oxygens (including phenoxy) is 1. The van der Waals surface area contributed by atoms with Gasteiger partial charge in [-0.05, 0) is 18.1 Å². The van der Waals surface area contributed by atoms with Crippen molar-refractivity contribution in [1.29, 1.82) is 0 Å². The molecule has 0 aliphatic rings. The largest absolute Gasteiger partial charge is 0.472 e. The van der Waals surface area contributed by atoms with E-state index in [1.807, 2.05) is 13.8 Å². The first-order valence-corrected chi connectivity index (χ1v) is 10.8. The van der Waals surface area contributed by atoms with Gasteiger partial charge in [-0.15, -0.1) is 4.80 Å². The Bertz CT molecular complexity index is 1410. The topological polar surface area (TPSA) is 120 Å². The monoisotopic (exact) mass is 522 g/mol. The Labute approximate surface area is 205 Å². The van der Waals surface area contributed by atoms with E-state index in [0.717, 1.165) is 6.20 Å². The summed E-state index contributed by atoms with van der Waals surface area (Å²) >= 11 is 0. The van der Waals surface area contributed by atoms with E-state index in [0.29, 0.717) is 27.5 Å². The van der Waals surface area contributed by atoms with Crippen molar-refractivity contribution in [3.63, 3.8) is 0 Å². The number of urea groups is 1. The molecule has 0 aromatic carbocycles. The first kappa shape index (κ1) is 25.7. The molecule has 0 saturated heterocycles. The van der Waals surface area contributed by atoms with Crippen LogP contribution in [0.5, 0.6) is 5.88 Å². The molecule has 0 spiro atoms. The standard InChI is InChI=1S/C22H19F5N8O2/c1-11(2)18-15(9-28-14-3-4-17(34-19(14)18)37-10-16(23)24)33-21(36)32-12-7-13(22(25,26)27)20(29-8-12)35-30-5-6-31-35/h3-9,11,16H,10H2,1-2H3,(H2,32,33,36). The molecule has 0 aliphatic heterocycles. The Morgan fingerprint density at radius 3 is 2.46 bits per heavy atom. The van der Waals surface area contributed by atoms with Gasteiger partial charge in [-0.3, -0.25) is 4.98 Å². The van der Waals surface area contributed by atoms with E-state index in [9.17, 15) is 26.7 Å². The van der Waals surface area contributed by atoms with Gasteiger partial charge in [-0.1, -0.05) is 13.8 Å². The fraction of sp³-hybridized carbons (Fsp3) is 0.273. The number of hydrogen-bond donors (Lipinski definition) is 2. The number of nitrogens with zero attached hydrogens (tertiary/aromatic N) is 6. The molecule has 194 valence electrons. The smallest absolute Gasteiger partial charge is 0.420 e.